The van der Waals surface area contributed by atoms with Gasteiger partial charge in [-0.05, 0) is 30.4 Å². The number of piperidine rings is 1. The fourth-order valence-electron chi connectivity index (χ4n) is 2.26. The number of nitrogens with one attached hydrogen (secondary N) is 1. The lowest BCUT2D eigenvalue weighted by Crippen LogP contribution is -2.38. The van der Waals surface area contributed by atoms with Crippen LogP contribution in [0.25, 0.3) is 0 Å². The molecule has 0 amide bonds. The van der Waals surface area contributed by atoms with E-state index in [1.165, 1.54) is 6.42 Å². The summed E-state index contributed by atoms with van der Waals surface area (Å²) >= 11 is 0. The molecule has 4 heteroatoms. The van der Waals surface area contributed by atoms with E-state index in [2.05, 4.69) is 23.7 Å². The minimum atomic E-state index is 0.0327. The Bertz CT molecular complexity index is 416. The van der Waals surface area contributed by atoms with Crippen LogP contribution >= 0.6 is 0 Å². The van der Waals surface area contributed by atoms with Crippen LogP contribution in [0.15, 0.2) is 18.3 Å². The maximum Gasteiger partial charge on any atom is 0.141 e. The molecule has 0 spiro atoms. The third-order valence-electron chi connectivity index (χ3n) is 3.72. The molecular weight excluding hydrogens is 212 g/mol. The zero-order chi connectivity index (χ0) is 12.4. The molecule has 2 heterocycles. The molecule has 1 saturated heterocycles. The number of nitrogen functional groups attached to an aromatic ring is 1. The van der Waals surface area contributed by atoms with Crippen molar-refractivity contribution in [2.75, 3.05) is 18.0 Å². The van der Waals surface area contributed by atoms with Crippen LogP contribution in [0.3, 0.4) is 0 Å². The summed E-state index contributed by atoms with van der Waals surface area (Å²) in [5.41, 5.74) is 7.16. The number of amidine groups is 1. The second-order valence-electron chi connectivity index (χ2n) is 5.00. The van der Waals surface area contributed by atoms with Crippen LogP contribution in [0, 0.1) is 17.2 Å². The highest BCUT2D eigenvalue weighted by Crippen LogP contribution is 2.26. The normalized spacial score (nSPS) is 24.7. The number of pyridine rings is 1. The van der Waals surface area contributed by atoms with E-state index in [1.54, 1.807) is 6.20 Å². The molecule has 3 N–H and O–H groups in total. The lowest BCUT2D eigenvalue weighted by atomic mass is 9.88. The van der Waals surface area contributed by atoms with Gasteiger partial charge in [-0.2, -0.15) is 0 Å². The van der Waals surface area contributed by atoms with Gasteiger partial charge in [0.05, 0.1) is 0 Å². The highest BCUT2D eigenvalue weighted by molar-refractivity contribution is 5.93. The van der Waals surface area contributed by atoms with Gasteiger partial charge in [0.15, 0.2) is 0 Å². The van der Waals surface area contributed by atoms with Crippen LogP contribution in [-0.2, 0) is 0 Å². The average molecular weight is 232 g/mol. The van der Waals surface area contributed by atoms with Crippen molar-refractivity contribution in [2.45, 2.75) is 20.3 Å². The van der Waals surface area contributed by atoms with E-state index in [9.17, 15) is 0 Å². The largest absolute Gasteiger partial charge is 0.382 e. The van der Waals surface area contributed by atoms with Gasteiger partial charge < -0.3 is 10.6 Å². The maximum absolute atomic E-state index is 7.41. The molecule has 2 rings (SSSR count). The second kappa shape index (κ2) is 4.73. The number of anilines is 1. The number of aromatic nitrogens is 1. The minimum absolute atomic E-state index is 0.0327. The first-order valence-corrected chi connectivity index (χ1v) is 6.13. The molecule has 0 saturated carbocycles. The Balaban J connectivity index is 2.17. The van der Waals surface area contributed by atoms with Crippen LogP contribution in [0.4, 0.5) is 5.69 Å². The van der Waals surface area contributed by atoms with Gasteiger partial charge in [-0.25, -0.2) is 0 Å². The fraction of sp³-hybridized carbons (Fsp3) is 0.538. The number of nitrogens with zero attached hydrogens (tertiary/aromatic N) is 2. The van der Waals surface area contributed by atoms with Crippen LogP contribution in [-0.4, -0.2) is 23.9 Å². The zero-order valence-electron chi connectivity index (χ0n) is 10.5. The van der Waals surface area contributed by atoms with E-state index in [-0.39, 0.29) is 5.84 Å². The summed E-state index contributed by atoms with van der Waals surface area (Å²) < 4.78 is 0. The molecule has 1 aliphatic rings. The second-order valence-corrected chi connectivity index (χ2v) is 5.00. The highest BCUT2D eigenvalue weighted by atomic mass is 15.1. The molecule has 1 fully saturated rings. The molecule has 4 nitrogen and oxygen atoms in total. The summed E-state index contributed by atoms with van der Waals surface area (Å²) in [6.07, 6.45) is 2.95. The molecule has 0 aliphatic carbocycles. The standard InChI is InChI=1S/C13H20N4/c1-9-4-6-17(8-10(9)2)11-3-5-16-12(7-11)13(14)15/h3,5,7,9-10H,4,6,8H2,1-2H3,(H3,14,15). The summed E-state index contributed by atoms with van der Waals surface area (Å²) in [7, 11) is 0. The van der Waals surface area contributed by atoms with Gasteiger partial charge >= 0.3 is 0 Å². The molecule has 17 heavy (non-hydrogen) atoms. The van der Waals surface area contributed by atoms with Crippen molar-refractivity contribution in [2.24, 2.45) is 17.6 Å². The summed E-state index contributed by atoms with van der Waals surface area (Å²) in [5.74, 6) is 1.53. The van der Waals surface area contributed by atoms with E-state index >= 15 is 0 Å². The van der Waals surface area contributed by atoms with Crippen molar-refractivity contribution in [1.82, 2.24) is 4.98 Å². The molecule has 1 aliphatic heterocycles. The SMILES string of the molecule is CC1CCN(c2ccnc(C(=N)N)c2)CC1C. The Morgan fingerprint density at radius 2 is 2.24 bits per heavy atom. The summed E-state index contributed by atoms with van der Waals surface area (Å²) in [5, 5.41) is 7.41. The predicted molar refractivity (Wildman–Crippen MR) is 70.4 cm³/mol. The van der Waals surface area contributed by atoms with Crippen LogP contribution in [0.1, 0.15) is 26.0 Å². The molecule has 0 bridgehead atoms. The third kappa shape index (κ3) is 2.57. The minimum Gasteiger partial charge on any atom is -0.382 e. The molecule has 0 radical (unpaired) electrons. The lowest BCUT2D eigenvalue weighted by molar-refractivity contribution is 0.324. The Morgan fingerprint density at radius 3 is 2.88 bits per heavy atom. The summed E-state index contributed by atoms with van der Waals surface area (Å²) in [4.78, 5) is 6.45. The van der Waals surface area contributed by atoms with Gasteiger partial charge in [-0.3, -0.25) is 10.4 Å². The molecule has 92 valence electrons. The van der Waals surface area contributed by atoms with Crippen molar-refractivity contribution in [3.63, 3.8) is 0 Å². The van der Waals surface area contributed by atoms with E-state index in [1.807, 2.05) is 12.1 Å². The summed E-state index contributed by atoms with van der Waals surface area (Å²) in [6, 6.07) is 3.90. The zero-order valence-corrected chi connectivity index (χ0v) is 10.5. The number of hydrogen-bond acceptors (Lipinski definition) is 3. The van der Waals surface area contributed by atoms with E-state index in [4.69, 9.17) is 11.1 Å². The topological polar surface area (TPSA) is 66.0 Å². The number of nitrogens with two attached hydrogens (primary N) is 1. The van der Waals surface area contributed by atoms with Crippen molar-refractivity contribution in [3.05, 3.63) is 24.0 Å². The van der Waals surface area contributed by atoms with Crippen molar-refractivity contribution < 1.29 is 0 Å². The lowest BCUT2D eigenvalue weighted by Gasteiger charge is -2.36. The molecule has 1 aromatic rings. The number of rotatable bonds is 2. The monoisotopic (exact) mass is 232 g/mol. The van der Waals surface area contributed by atoms with Crippen molar-refractivity contribution >= 4 is 11.5 Å². The smallest absolute Gasteiger partial charge is 0.141 e. The van der Waals surface area contributed by atoms with Crippen LogP contribution in [0.2, 0.25) is 0 Å². The highest BCUT2D eigenvalue weighted by Gasteiger charge is 2.22. The van der Waals surface area contributed by atoms with Crippen molar-refractivity contribution in [3.8, 4) is 0 Å². The van der Waals surface area contributed by atoms with E-state index in [0.29, 0.717) is 11.6 Å². The van der Waals surface area contributed by atoms with Crippen LogP contribution < -0.4 is 10.6 Å². The summed E-state index contributed by atoms with van der Waals surface area (Å²) in [6.45, 7) is 6.76. The Kier molecular flexibility index (Phi) is 3.31. The first-order valence-electron chi connectivity index (χ1n) is 6.13. The van der Waals surface area contributed by atoms with Crippen molar-refractivity contribution in [1.29, 1.82) is 5.41 Å². The average Bonchev–Trinajstić information content (AvgIpc) is 2.33. The van der Waals surface area contributed by atoms with Gasteiger partial charge in [-0.15, -0.1) is 0 Å². The Labute approximate surface area is 102 Å². The molecular formula is C13H20N4. The van der Waals surface area contributed by atoms with Gasteiger partial charge in [0.1, 0.15) is 11.5 Å². The molecule has 0 aromatic carbocycles. The Morgan fingerprint density at radius 1 is 1.47 bits per heavy atom. The van der Waals surface area contributed by atoms with Gasteiger partial charge in [-0.1, -0.05) is 13.8 Å². The van der Waals surface area contributed by atoms with E-state index in [0.717, 1.165) is 24.7 Å². The van der Waals surface area contributed by atoms with Gasteiger partial charge in [0.2, 0.25) is 0 Å². The first kappa shape index (κ1) is 11.9. The molecule has 2 atom stereocenters. The first-order chi connectivity index (χ1) is 8.08. The maximum atomic E-state index is 7.41. The fourth-order valence-corrected chi connectivity index (χ4v) is 2.26. The van der Waals surface area contributed by atoms with Gasteiger partial charge in [0.25, 0.3) is 0 Å². The van der Waals surface area contributed by atoms with Crippen LogP contribution in [0.5, 0.6) is 0 Å². The Hall–Kier alpha value is -1.58. The van der Waals surface area contributed by atoms with Gasteiger partial charge in [0, 0.05) is 25.0 Å². The third-order valence-corrected chi connectivity index (χ3v) is 3.72. The van der Waals surface area contributed by atoms with E-state index < -0.39 is 0 Å². The number of hydrogen-bond donors (Lipinski definition) is 2. The molecule has 2 unspecified atom stereocenters. The predicted octanol–water partition coefficient (Wildman–Crippen LogP) is 1.85. The molecule has 1 aromatic heterocycles. The quantitative estimate of drug-likeness (QED) is 0.604.